The van der Waals surface area contributed by atoms with Crippen LogP contribution in [-0.4, -0.2) is 23.1 Å². The zero-order chi connectivity index (χ0) is 21.0. The second-order valence-electron chi connectivity index (χ2n) is 10.6. The quantitative estimate of drug-likeness (QED) is 0.763. The minimum Gasteiger partial charge on any atom is -0.496 e. The number of carbonyl (C=O) groups is 1. The number of fused-ring (bicyclic) bond motifs is 1. The molecule has 1 N–H and O–H groups in total. The number of allylic oxidation sites excluding steroid dienone is 2. The van der Waals surface area contributed by atoms with Gasteiger partial charge in [-0.2, -0.15) is 5.10 Å². The van der Waals surface area contributed by atoms with E-state index < -0.39 is 0 Å². The molecule has 4 nitrogen and oxygen atoms in total. The van der Waals surface area contributed by atoms with Crippen molar-refractivity contribution in [2.75, 3.05) is 7.11 Å². The Morgan fingerprint density at radius 1 is 1.21 bits per heavy atom. The van der Waals surface area contributed by atoms with Crippen LogP contribution in [0.4, 0.5) is 0 Å². The lowest BCUT2D eigenvalue weighted by Crippen LogP contribution is -2.32. The largest absolute Gasteiger partial charge is 0.496 e. The predicted molar refractivity (Wildman–Crippen MR) is 115 cm³/mol. The minimum absolute atomic E-state index is 0.00695. The van der Waals surface area contributed by atoms with Crippen LogP contribution in [0.1, 0.15) is 75.9 Å². The van der Waals surface area contributed by atoms with Gasteiger partial charge in [0, 0.05) is 41.2 Å². The molecule has 2 aromatic rings. The van der Waals surface area contributed by atoms with Crippen molar-refractivity contribution in [3.05, 3.63) is 57.9 Å². The molecular formula is C25H32N2O2. The summed E-state index contributed by atoms with van der Waals surface area (Å²) in [6.45, 7) is 11.1. The van der Waals surface area contributed by atoms with Gasteiger partial charge in [-0.3, -0.25) is 9.89 Å². The Balaban J connectivity index is 1.95. The molecular weight excluding hydrogens is 360 g/mol. The summed E-state index contributed by atoms with van der Waals surface area (Å²) in [7, 11) is 1.70. The maximum Gasteiger partial charge on any atom is 0.160 e. The first-order valence-electron chi connectivity index (χ1n) is 10.5. The van der Waals surface area contributed by atoms with Gasteiger partial charge in [0.1, 0.15) is 5.75 Å². The highest BCUT2D eigenvalue weighted by Gasteiger charge is 2.43. The van der Waals surface area contributed by atoms with E-state index in [0.29, 0.717) is 6.42 Å². The van der Waals surface area contributed by atoms with Gasteiger partial charge in [0.05, 0.1) is 12.8 Å². The Hall–Kier alpha value is -2.36. The fraction of sp³-hybridized carbons (Fsp3) is 0.520. The van der Waals surface area contributed by atoms with Crippen LogP contribution in [0.3, 0.4) is 0 Å². The topological polar surface area (TPSA) is 55.0 Å². The minimum atomic E-state index is -0.107. The van der Waals surface area contributed by atoms with Crippen LogP contribution in [0, 0.1) is 10.8 Å². The molecule has 1 heterocycles. The van der Waals surface area contributed by atoms with Gasteiger partial charge in [0.15, 0.2) is 5.78 Å². The van der Waals surface area contributed by atoms with E-state index in [2.05, 4.69) is 45.8 Å². The number of para-hydroxylation sites is 1. The number of benzene rings is 1. The Bertz CT molecular complexity index is 988. The summed E-state index contributed by atoms with van der Waals surface area (Å²) in [5, 5.41) is 8.05. The molecule has 2 aliphatic rings. The molecule has 0 bridgehead atoms. The number of nitrogens with one attached hydrogen (secondary N) is 1. The summed E-state index contributed by atoms with van der Waals surface area (Å²) >= 11 is 0. The van der Waals surface area contributed by atoms with E-state index in [9.17, 15) is 4.79 Å². The van der Waals surface area contributed by atoms with E-state index >= 15 is 0 Å². The van der Waals surface area contributed by atoms with Crippen molar-refractivity contribution in [1.29, 1.82) is 0 Å². The molecule has 1 atom stereocenters. The van der Waals surface area contributed by atoms with E-state index in [-0.39, 0.29) is 22.5 Å². The highest BCUT2D eigenvalue weighted by atomic mass is 16.5. The van der Waals surface area contributed by atoms with Crippen molar-refractivity contribution in [1.82, 2.24) is 10.2 Å². The first-order valence-corrected chi connectivity index (χ1v) is 10.5. The van der Waals surface area contributed by atoms with Gasteiger partial charge in [0.25, 0.3) is 0 Å². The van der Waals surface area contributed by atoms with Crippen LogP contribution in [-0.2, 0) is 17.6 Å². The van der Waals surface area contributed by atoms with Gasteiger partial charge in [-0.25, -0.2) is 0 Å². The van der Waals surface area contributed by atoms with E-state index in [1.54, 1.807) is 7.11 Å². The smallest absolute Gasteiger partial charge is 0.160 e. The molecule has 154 valence electrons. The molecule has 1 unspecified atom stereocenters. The summed E-state index contributed by atoms with van der Waals surface area (Å²) in [5.74, 6) is 1.00. The molecule has 4 rings (SSSR count). The van der Waals surface area contributed by atoms with Gasteiger partial charge in [-0.1, -0.05) is 58.4 Å². The number of carbonyl (C=O) groups excluding carboxylic acids is 1. The molecule has 0 spiro atoms. The number of methoxy groups -OCH3 is 1. The summed E-state index contributed by atoms with van der Waals surface area (Å²) in [6, 6.07) is 8.11. The summed E-state index contributed by atoms with van der Waals surface area (Å²) in [5.41, 5.74) is 6.86. The molecule has 0 saturated heterocycles. The van der Waals surface area contributed by atoms with Crippen molar-refractivity contribution < 1.29 is 9.53 Å². The number of H-pyrrole nitrogens is 1. The van der Waals surface area contributed by atoms with Crippen LogP contribution in [0.15, 0.2) is 35.4 Å². The third-order valence-corrected chi connectivity index (χ3v) is 6.09. The van der Waals surface area contributed by atoms with Crippen LogP contribution >= 0.6 is 0 Å². The number of hydrogen-bond acceptors (Lipinski definition) is 3. The summed E-state index contributed by atoms with van der Waals surface area (Å²) < 4.78 is 5.72. The molecule has 1 aromatic carbocycles. The van der Waals surface area contributed by atoms with E-state index in [1.165, 1.54) is 11.1 Å². The first kappa shape index (κ1) is 19.9. The van der Waals surface area contributed by atoms with Gasteiger partial charge >= 0.3 is 0 Å². The van der Waals surface area contributed by atoms with E-state index in [1.807, 2.05) is 18.2 Å². The number of rotatable bonds is 3. The Labute approximate surface area is 173 Å². The average Bonchev–Trinajstić information content (AvgIpc) is 2.99. The SMILES string of the molecule is COc1ccccc1C1C2=C(Cc3[nH]nc(CC(C)(C)C)c31)CC(C)(C)CC2=O. The number of ketones is 1. The maximum absolute atomic E-state index is 13.4. The van der Waals surface area contributed by atoms with Crippen LogP contribution < -0.4 is 4.74 Å². The maximum atomic E-state index is 13.4. The molecule has 29 heavy (non-hydrogen) atoms. The number of ether oxygens (including phenoxy) is 1. The summed E-state index contributed by atoms with van der Waals surface area (Å²) in [6.07, 6.45) is 3.21. The van der Waals surface area contributed by atoms with Crippen LogP contribution in [0.2, 0.25) is 0 Å². The zero-order valence-corrected chi connectivity index (χ0v) is 18.5. The molecule has 0 aliphatic heterocycles. The number of nitrogens with zero attached hydrogens (tertiary/aromatic N) is 1. The third-order valence-electron chi connectivity index (χ3n) is 6.09. The van der Waals surface area contributed by atoms with Crippen LogP contribution in [0.25, 0.3) is 0 Å². The molecule has 4 heteroatoms. The van der Waals surface area contributed by atoms with Crippen molar-refractivity contribution in [3.63, 3.8) is 0 Å². The van der Waals surface area contributed by atoms with Gasteiger partial charge in [0.2, 0.25) is 0 Å². The van der Waals surface area contributed by atoms with Gasteiger partial charge < -0.3 is 4.74 Å². The number of aromatic nitrogens is 2. The lowest BCUT2D eigenvalue weighted by Gasteiger charge is -2.38. The third kappa shape index (κ3) is 3.65. The number of hydrogen-bond donors (Lipinski definition) is 1. The lowest BCUT2D eigenvalue weighted by molar-refractivity contribution is -0.118. The summed E-state index contributed by atoms with van der Waals surface area (Å²) in [4.78, 5) is 13.4. The van der Waals surface area contributed by atoms with E-state index in [0.717, 1.165) is 47.5 Å². The fourth-order valence-electron chi connectivity index (χ4n) is 5.10. The normalized spacial score (nSPS) is 21.0. The number of Topliss-reactive ketones (excluding diaryl/α,β-unsaturated/α-hetero) is 1. The molecule has 1 aromatic heterocycles. The van der Waals surface area contributed by atoms with Crippen molar-refractivity contribution in [2.45, 2.75) is 66.2 Å². The fourth-order valence-corrected chi connectivity index (χ4v) is 5.10. The standard InChI is InChI=1S/C25H32N2O2/c1-24(2,3)13-18-23-17(26-27-18)11-15-12-25(4,5)14-19(28)21(15)22(23)16-9-7-8-10-20(16)29-6/h7-10,22H,11-14H2,1-6H3,(H,26,27). The highest BCUT2D eigenvalue weighted by Crippen LogP contribution is 2.51. The van der Waals surface area contributed by atoms with Crippen molar-refractivity contribution >= 4 is 5.78 Å². The average molecular weight is 393 g/mol. The van der Waals surface area contributed by atoms with Gasteiger partial charge in [-0.15, -0.1) is 0 Å². The highest BCUT2D eigenvalue weighted by molar-refractivity contribution is 6.00. The Morgan fingerprint density at radius 2 is 1.93 bits per heavy atom. The lowest BCUT2D eigenvalue weighted by atomic mass is 9.64. The van der Waals surface area contributed by atoms with Crippen LogP contribution in [0.5, 0.6) is 5.75 Å². The van der Waals surface area contributed by atoms with Gasteiger partial charge in [-0.05, 0) is 29.7 Å². The van der Waals surface area contributed by atoms with Crippen molar-refractivity contribution in [2.24, 2.45) is 10.8 Å². The van der Waals surface area contributed by atoms with Crippen molar-refractivity contribution in [3.8, 4) is 5.75 Å². The molecule has 0 saturated carbocycles. The second-order valence-corrected chi connectivity index (χ2v) is 10.6. The number of aromatic amines is 1. The Morgan fingerprint density at radius 3 is 2.62 bits per heavy atom. The molecule has 2 aliphatic carbocycles. The zero-order valence-electron chi connectivity index (χ0n) is 18.5. The molecule has 0 amide bonds. The first-order chi connectivity index (χ1) is 13.6. The molecule has 0 radical (unpaired) electrons. The predicted octanol–water partition coefficient (Wildman–Crippen LogP) is 5.38. The Kier molecular flexibility index (Phi) is 4.71. The molecule has 0 fully saturated rings. The van der Waals surface area contributed by atoms with E-state index in [4.69, 9.17) is 9.84 Å². The monoisotopic (exact) mass is 392 g/mol. The second kappa shape index (κ2) is 6.86.